The topological polar surface area (TPSA) is 37.3 Å². The molecule has 1 aliphatic rings. The first-order valence-electron chi connectivity index (χ1n) is 9.10. The van der Waals surface area contributed by atoms with Crippen LogP contribution >= 0.6 is 0 Å². The van der Waals surface area contributed by atoms with Gasteiger partial charge in [0.1, 0.15) is 0 Å². The van der Waals surface area contributed by atoms with Crippen molar-refractivity contribution < 1.29 is 4.79 Å². The molecule has 132 valence electrons. The van der Waals surface area contributed by atoms with E-state index in [9.17, 15) is 4.79 Å². The Hall–Kier alpha value is -3.01. The third kappa shape index (κ3) is 3.97. The number of carbonyl (C=O) groups excluding carboxylic acids is 1. The van der Waals surface area contributed by atoms with E-state index in [0.29, 0.717) is 12.6 Å². The first kappa shape index (κ1) is 16.5. The second-order valence-corrected chi connectivity index (χ2v) is 6.77. The van der Waals surface area contributed by atoms with E-state index >= 15 is 0 Å². The Labute approximate surface area is 154 Å². The minimum Gasteiger partial charge on any atom is -0.345 e. The molecule has 1 aromatic heterocycles. The molecule has 26 heavy (non-hydrogen) atoms. The zero-order valence-corrected chi connectivity index (χ0v) is 14.7. The Morgan fingerprint density at radius 2 is 1.65 bits per heavy atom. The number of nitrogens with zero attached hydrogens (tertiary/aromatic N) is 2. The SMILES string of the molecule is O=C(Nc1ccccc1)N(Cc1cccn1Cc1ccccc1)C1CC1. The molecule has 0 saturated heterocycles. The number of hydrogen-bond donors (Lipinski definition) is 1. The van der Waals surface area contributed by atoms with E-state index in [1.807, 2.05) is 41.3 Å². The highest BCUT2D eigenvalue weighted by molar-refractivity contribution is 5.89. The number of urea groups is 1. The van der Waals surface area contributed by atoms with Crippen LogP contribution in [0.2, 0.25) is 0 Å². The van der Waals surface area contributed by atoms with Gasteiger partial charge in [0.2, 0.25) is 0 Å². The van der Waals surface area contributed by atoms with Crippen molar-refractivity contribution in [1.29, 1.82) is 0 Å². The molecule has 3 aromatic rings. The van der Waals surface area contributed by atoms with Crippen LogP contribution in [0.25, 0.3) is 0 Å². The van der Waals surface area contributed by atoms with Gasteiger partial charge in [-0.3, -0.25) is 0 Å². The van der Waals surface area contributed by atoms with Crippen molar-refractivity contribution in [1.82, 2.24) is 9.47 Å². The van der Waals surface area contributed by atoms with Crippen molar-refractivity contribution in [3.05, 3.63) is 90.3 Å². The van der Waals surface area contributed by atoms with Gasteiger partial charge >= 0.3 is 6.03 Å². The number of nitrogens with one attached hydrogen (secondary N) is 1. The van der Waals surface area contributed by atoms with Gasteiger partial charge in [0.15, 0.2) is 0 Å². The quantitative estimate of drug-likeness (QED) is 0.689. The standard InChI is InChI=1S/C22H23N3O/c26-22(23-19-10-5-2-6-11-19)25(20-13-14-20)17-21-12-7-15-24(21)16-18-8-3-1-4-9-18/h1-12,15,20H,13-14,16-17H2,(H,23,26). The number of benzene rings is 2. The Bertz CT molecular complexity index is 853. The number of rotatable bonds is 6. The van der Waals surface area contributed by atoms with E-state index < -0.39 is 0 Å². The highest BCUT2D eigenvalue weighted by atomic mass is 16.2. The highest BCUT2D eigenvalue weighted by Gasteiger charge is 2.33. The Kier molecular flexibility index (Phi) is 4.73. The van der Waals surface area contributed by atoms with Crippen LogP contribution in [0.5, 0.6) is 0 Å². The van der Waals surface area contributed by atoms with Gasteiger partial charge in [-0.1, -0.05) is 48.5 Å². The number of aromatic nitrogens is 1. The van der Waals surface area contributed by atoms with Crippen molar-refractivity contribution in [2.75, 3.05) is 5.32 Å². The summed E-state index contributed by atoms with van der Waals surface area (Å²) in [5.74, 6) is 0. The van der Waals surface area contributed by atoms with Crippen LogP contribution in [0.1, 0.15) is 24.1 Å². The van der Waals surface area contributed by atoms with Gasteiger partial charge in [0, 0.05) is 30.2 Å². The van der Waals surface area contributed by atoms with Crippen LogP contribution in [-0.2, 0) is 13.1 Å². The predicted molar refractivity (Wildman–Crippen MR) is 104 cm³/mol. The number of amides is 2. The summed E-state index contributed by atoms with van der Waals surface area (Å²) in [6, 6.07) is 24.5. The molecule has 0 spiro atoms. The normalized spacial score (nSPS) is 13.4. The highest BCUT2D eigenvalue weighted by Crippen LogP contribution is 2.29. The summed E-state index contributed by atoms with van der Waals surface area (Å²) in [4.78, 5) is 14.8. The van der Waals surface area contributed by atoms with Crippen molar-refractivity contribution in [2.24, 2.45) is 0 Å². The van der Waals surface area contributed by atoms with Crippen LogP contribution in [-0.4, -0.2) is 21.5 Å². The van der Waals surface area contributed by atoms with Crippen molar-refractivity contribution >= 4 is 11.7 Å². The lowest BCUT2D eigenvalue weighted by Crippen LogP contribution is -2.36. The van der Waals surface area contributed by atoms with Crippen molar-refractivity contribution in [3.63, 3.8) is 0 Å². The van der Waals surface area contributed by atoms with Gasteiger partial charge in [0.05, 0.1) is 6.54 Å². The van der Waals surface area contributed by atoms with Gasteiger partial charge in [-0.25, -0.2) is 4.79 Å². The largest absolute Gasteiger partial charge is 0.345 e. The number of para-hydroxylation sites is 1. The van der Waals surface area contributed by atoms with E-state index in [2.05, 4.69) is 52.5 Å². The molecule has 0 unspecified atom stereocenters. The third-order valence-electron chi connectivity index (χ3n) is 4.73. The molecule has 2 aromatic carbocycles. The second-order valence-electron chi connectivity index (χ2n) is 6.77. The molecule has 4 heteroatoms. The maximum absolute atomic E-state index is 12.8. The van der Waals surface area contributed by atoms with Crippen LogP contribution in [0, 0.1) is 0 Å². The smallest absolute Gasteiger partial charge is 0.322 e. The molecule has 0 bridgehead atoms. The van der Waals surface area contributed by atoms with Crippen LogP contribution in [0.15, 0.2) is 79.0 Å². The van der Waals surface area contributed by atoms with Crippen molar-refractivity contribution in [2.45, 2.75) is 32.0 Å². The van der Waals surface area contributed by atoms with E-state index in [4.69, 9.17) is 0 Å². The molecule has 0 aliphatic heterocycles. The maximum atomic E-state index is 12.8. The Balaban J connectivity index is 1.47. The molecule has 1 saturated carbocycles. The van der Waals surface area contributed by atoms with Gasteiger partial charge < -0.3 is 14.8 Å². The fourth-order valence-electron chi connectivity index (χ4n) is 3.17. The molecule has 0 atom stereocenters. The monoisotopic (exact) mass is 345 g/mol. The number of carbonyl (C=O) groups is 1. The summed E-state index contributed by atoms with van der Waals surface area (Å²) in [5.41, 5.74) is 3.25. The summed E-state index contributed by atoms with van der Waals surface area (Å²) in [5, 5.41) is 3.02. The summed E-state index contributed by atoms with van der Waals surface area (Å²) in [6.07, 6.45) is 4.26. The van der Waals surface area contributed by atoms with Gasteiger partial charge in [-0.05, 0) is 42.7 Å². The van der Waals surface area contributed by atoms with E-state index in [-0.39, 0.29) is 6.03 Å². The average Bonchev–Trinajstić information content (AvgIpc) is 3.42. The fraction of sp³-hybridized carbons (Fsp3) is 0.227. The third-order valence-corrected chi connectivity index (χ3v) is 4.73. The Morgan fingerprint density at radius 3 is 2.35 bits per heavy atom. The number of hydrogen-bond acceptors (Lipinski definition) is 1. The minimum atomic E-state index is -0.0221. The van der Waals surface area contributed by atoms with Crippen LogP contribution in [0.3, 0.4) is 0 Å². The summed E-state index contributed by atoms with van der Waals surface area (Å²) < 4.78 is 2.22. The zero-order chi connectivity index (χ0) is 17.8. The summed E-state index contributed by atoms with van der Waals surface area (Å²) in [6.45, 7) is 1.45. The molecule has 4 rings (SSSR count). The maximum Gasteiger partial charge on any atom is 0.322 e. The molecule has 2 amide bonds. The molecule has 1 heterocycles. The lowest BCUT2D eigenvalue weighted by Gasteiger charge is -2.24. The minimum absolute atomic E-state index is 0.0221. The average molecular weight is 345 g/mol. The predicted octanol–water partition coefficient (Wildman–Crippen LogP) is 4.73. The van der Waals surface area contributed by atoms with Crippen LogP contribution < -0.4 is 5.32 Å². The summed E-state index contributed by atoms with van der Waals surface area (Å²) in [7, 11) is 0. The molecule has 1 aliphatic carbocycles. The molecule has 1 fully saturated rings. The molecule has 1 N–H and O–H groups in total. The first-order valence-corrected chi connectivity index (χ1v) is 9.10. The fourth-order valence-corrected chi connectivity index (χ4v) is 3.17. The van der Waals surface area contributed by atoms with E-state index in [0.717, 1.165) is 30.8 Å². The Morgan fingerprint density at radius 1 is 0.962 bits per heavy atom. The molecule has 0 radical (unpaired) electrons. The van der Waals surface area contributed by atoms with Gasteiger partial charge in [0.25, 0.3) is 0 Å². The van der Waals surface area contributed by atoms with E-state index in [1.165, 1.54) is 5.56 Å². The van der Waals surface area contributed by atoms with Crippen LogP contribution in [0.4, 0.5) is 10.5 Å². The lowest BCUT2D eigenvalue weighted by atomic mass is 10.2. The number of anilines is 1. The lowest BCUT2D eigenvalue weighted by molar-refractivity contribution is 0.204. The second kappa shape index (κ2) is 7.48. The zero-order valence-electron chi connectivity index (χ0n) is 14.7. The van der Waals surface area contributed by atoms with Crippen molar-refractivity contribution in [3.8, 4) is 0 Å². The molecular formula is C22H23N3O. The summed E-state index contributed by atoms with van der Waals surface area (Å²) >= 11 is 0. The molecule has 4 nitrogen and oxygen atoms in total. The van der Waals surface area contributed by atoms with Gasteiger partial charge in [-0.15, -0.1) is 0 Å². The van der Waals surface area contributed by atoms with E-state index in [1.54, 1.807) is 0 Å². The first-order chi connectivity index (χ1) is 12.8. The van der Waals surface area contributed by atoms with Gasteiger partial charge in [-0.2, -0.15) is 0 Å². The molecular weight excluding hydrogens is 322 g/mol.